The van der Waals surface area contributed by atoms with E-state index >= 15 is 0 Å². The van der Waals surface area contributed by atoms with Crippen LogP contribution in [0.4, 0.5) is 13.2 Å². The molecule has 1 fully saturated rings. The highest BCUT2D eigenvalue weighted by Gasteiger charge is 2.51. The molecule has 1 aliphatic carbocycles. The summed E-state index contributed by atoms with van der Waals surface area (Å²) in [5.41, 5.74) is 0.651. The number of halogens is 4. The Hall–Kier alpha value is -1.29. The SMILES string of the molecule is Fc1cc(F)c(C(Br)C2(c3ccccc3)CC2)c(F)c1. The van der Waals surface area contributed by atoms with Crippen LogP contribution in [0.15, 0.2) is 42.5 Å². The van der Waals surface area contributed by atoms with Crippen LogP contribution in [0.5, 0.6) is 0 Å². The molecule has 2 aromatic carbocycles. The fraction of sp³-hybridized carbons (Fsp3) is 0.250. The van der Waals surface area contributed by atoms with Crippen molar-refractivity contribution in [2.75, 3.05) is 0 Å². The van der Waals surface area contributed by atoms with Crippen LogP contribution in [0.1, 0.15) is 28.8 Å². The van der Waals surface area contributed by atoms with E-state index in [2.05, 4.69) is 15.9 Å². The van der Waals surface area contributed by atoms with Crippen LogP contribution >= 0.6 is 15.9 Å². The van der Waals surface area contributed by atoms with Gasteiger partial charge in [0.15, 0.2) is 0 Å². The zero-order valence-electron chi connectivity index (χ0n) is 10.5. The monoisotopic (exact) mass is 340 g/mol. The molecule has 0 nitrogen and oxygen atoms in total. The van der Waals surface area contributed by atoms with E-state index in [1.165, 1.54) is 0 Å². The molecule has 0 heterocycles. The Morgan fingerprint density at radius 3 is 2.00 bits per heavy atom. The van der Waals surface area contributed by atoms with Crippen LogP contribution in [-0.2, 0) is 5.41 Å². The standard InChI is InChI=1S/C16H12BrF3/c17-15(14-12(19)8-11(18)9-13(14)20)16(6-7-16)10-4-2-1-3-5-10/h1-5,8-9,15H,6-7H2. The van der Waals surface area contributed by atoms with Crippen LogP contribution in [0, 0.1) is 17.5 Å². The van der Waals surface area contributed by atoms with E-state index in [0.29, 0.717) is 0 Å². The highest BCUT2D eigenvalue weighted by atomic mass is 79.9. The van der Waals surface area contributed by atoms with Crippen LogP contribution in [0.2, 0.25) is 0 Å². The van der Waals surface area contributed by atoms with Crippen LogP contribution < -0.4 is 0 Å². The largest absolute Gasteiger partial charge is 0.207 e. The van der Waals surface area contributed by atoms with Gasteiger partial charge in [-0.1, -0.05) is 46.3 Å². The summed E-state index contributed by atoms with van der Waals surface area (Å²) < 4.78 is 40.9. The van der Waals surface area contributed by atoms with Gasteiger partial charge in [-0.2, -0.15) is 0 Å². The lowest BCUT2D eigenvalue weighted by Gasteiger charge is -2.23. The lowest BCUT2D eigenvalue weighted by molar-refractivity contribution is 0.507. The second kappa shape index (κ2) is 4.92. The highest BCUT2D eigenvalue weighted by molar-refractivity contribution is 9.09. The smallest absolute Gasteiger partial charge is 0.133 e. The summed E-state index contributed by atoms with van der Waals surface area (Å²) in [5, 5.41) is 0. The predicted octanol–water partition coefficient (Wildman–Crippen LogP) is 5.27. The van der Waals surface area contributed by atoms with Gasteiger partial charge in [0.1, 0.15) is 17.5 Å². The van der Waals surface area contributed by atoms with Gasteiger partial charge in [0.05, 0.1) is 4.83 Å². The summed E-state index contributed by atoms with van der Waals surface area (Å²) in [6.07, 6.45) is 1.70. The fourth-order valence-electron chi connectivity index (χ4n) is 2.66. The number of benzene rings is 2. The van der Waals surface area contributed by atoms with Gasteiger partial charge in [0.25, 0.3) is 0 Å². The Bertz CT molecular complexity index is 612. The molecule has 1 saturated carbocycles. The summed E-state index contributed by atoms with van der Waals surface area (Å²) >= 11 is 3.43. The molecule has 1 aliphatic rings. The number of hydrogen-bond donors (Lipinski definition) is 0. The molecule has 20 heavy (non-hydrogen) atoms. The maximum Gasteiger partial charge on any atom is 0.133 e. The molecule has 1 unspecified atom stereocenters. The predicted molar refractivity (Wildman–Crippen MR) is 75.3 cm³/mol. The van der Waals surface area contributed by atoms with Crippen molar-refractivity contribution in [1.29, 1.82) is 0 Å². The first-order valence-electron chi connectivity index (χ1n) is 6.39. The van der Waals surface area contributed by atoms with Gasteiger partial charge in [-0.05, 0) is 18.4 Å². The second-order valence-corrected chi connectivity index (χ2v) is 6.08. The van der Waals surface area contributed by atoms with E-state index in [9.17, 15) is 13.2 Å². The molecule has 1 atom stereocenters. The molecule has 104 valence electrons. The molecule has 0 amide bonds. The van der Waals surface area contributed by atoms with Gasteiger partial charge in [-0.25, -0.2) is 13.2 Å². The summed E-state index contributed by atoms with van der Waals surface area (Å²) in [7, 11) is 0. The van der Waals surface area contributed by atoms with E-state index < -0.39 is 22.3 Å². The Balaban J connectivity index is 2.04. The average Bonchev–Trinajstić information content (AvgIpc) is 3.20. The van der Waals surface area contributed by atoms with Crippen LogP contribution in [-0.4, -0.2) is 0 Å². The maximum absolute atomic E-state index is 13.9. The molecule has 2 aromatic rings. The Kier molecular flexibility index (Phi) is 3.36. The minimum atomic E-state index is -0.895. The van der Waals surface area contributed by atoms with Crippen molar-refractivity contribution in [2.45, 2.75) is 23.1 Å². The molecule has 0 aliphatic heterocycles. The Morgan fingerprint density at radius 1 is 0.950 bits per heavy atom. The van der Waals surface area contributed by atoms with E-state index in [4.69, 9.17) is 0 Å². The molecule has 0 spiro atoms. The molecule has 0 bridgehead atoms. The van der Waals surface area contributed by atoms with Gasteiger partial charge < -0.3 is 0 Å². The first-order valence-corrected chi connectivity index (χ1v) is 7.30. The lowest BCUT2D eigenvalue weighted by Crippen LogP contribution is -2.16. The summed E-state index contributed by atoms with van der Waals surface area (Å²) in [6, 6.07) is 11.1. The zero-order chi connectivity index (χ0) is 14.3. The molecular weight excluding hydrogens is 329 g/mol. The summed E-state index contributed by atoms with van der Waals surface area (Å²) in [5.74, 6) is -2.58. The minimum absolute atomic E-state index is 0.0900. The third kappa shape index (κ3) is 2.16. The normalized spacial score (nSPS) is 17.8. The van der Waals surface area contributed by atoms with E-state index in [-0.39, 0.29) is 11.0 Å². The molecule has 0 aromatic heterocycles. The molecular formula is C16H12BrF3. The number of hydrogen-bond acceptors (Lipinski definition) is 0. The van der Waals surface area contributed by atoms with Crippen molar-refractivity contribution in [1.82, 2.24) is 0 Å². The topological polar surface area (TPSA) is 0 Å². The molecule has 3 rings (SSSR count). The molecule has 0 radical (unpaired) electrons. The first kappa shape index (κ1) is 13.7. The fourth-order valence-corrected chi connectivity index (χ4v) is 3.82. The van der Waals surface area contributed by atoms with E-state index in [0.717, 1.165) is 30.5 Å². The Morgan fingerprint density at radius 2 is 1.50 bits per heavy atom. The number of rotatable bonds is 3. The first-order chi connectivity index (χ1) is 9.54. The lowest BCUT2D eigenvalue weighted by atomic mass is 9.88. The quantitative estimate of drug-likeness (QED) is 0.667. The van der Waals surface area contributed by atoms with Crippen LogP contribution in [0.25, 0.3) is 0 Å². The molecule has 0 saturated heterocycles. The maximum atomic E-state index is 13.9. The second-order valence-electron chi connectivity index (χ2n) is 5.17. The van der Waals surface area contributed by atoms with Gasteiger partial charge in [-0.15, -0.1) is 0 Å². The summed E-state index contributed by atoms with van der Waals surface area (Å²) in [4.78, 5) is -0.502. The van der Waals surface area contributed by atoms with Crippen molar-refractivity contribution < 1.29 is 13.2 Å². The average molecular weight is 341 g/mol. The van der Waals surface area contributed by atoms with Crippen molar-refractivity contribution in [2.24, 2.45) is 0 Å². The van der Waals surface area contributed by atoms with Crippen LogP contribution in [0.3, 0.4) is 0 Å². The zero-order valence-corrected chi connectivity index (χ0v) is 12.1. The van der Waals surface area contributed by atoms with E-state index in [1.54, 1.807) is 0 Å². The molecule has 0 N–H and O–H groups in total. The van der Waals surface area contributed by atoms with Crippen molar-refractivity contribution in [3.63, 3.8) is 0 Å². The number of alkyl halides is 1. The van der Waals surface area contributed by atoms with Crippen molar-refractivity contribution in [3.8, 4) is 0 Å². The van der Waals surface area contributed by atoms with Crippen molar-refractivity contribution >= 4 is 15.9 Å². The summed E-state index contributed by atoms with van der Waals surface area (Å²) in [6.45, 7) is 0. The van der Waals surface area contributed by atoms with Gasteiger partial charge in [0.2, 0.25) is 0 Å². The third-order valence-corrected chi connectivity index (χ3v) is 5.25. The van der Waals surface area contributed by atoms with Gasteiger partial charge in [0, 0.05) is 23.1 Å². The Labute approximate surface area is 123 Å². The minimum Gasteiger partial charge on any atom is -0.207 e. The molecule has 4 heteroatoms. The van der Waals surface area contributed by atoms with Gasteiger partial charge in [-0.3, -0.25) is 0 Å². The van der Waals surface area contributed by atoms with E-state index in [1.807, 2.05) is 30.3 Å². The highest BCUT2D eigenvalue weighted by Crippen LogP contribution is 2.60. The third-order valence-electron chi connectivity index (χ3n) is 3.92. The van der Waals surface area contributed by atoms with Gasteiger partial charge >= 0.3 is 0 Å². The van der Waals surface area contributed by atoms with Crippen molar-refractivity contribution in [3.05, 3.63) is 71.0 Å².